The summed E-state index contributed by atoms with van der Waals surface area (Å²) in [6.07, 6.45) is 0. The summed E-state index contributed by atoms with van der Waals surface area (Å²) in [5.74, 6) is 0.0813. The van der Waals surface area contributed by atoms with E-state index < -0.39 is 5.97 Å². The molecular weight excluding hydrogens is 382 g/mol. The van der Waals surface area contributed by atoms with Gasteiger partial charge in [-0.1, -0.05) is 24.3 Å². The Hall–Kier alpha value is -3.93. The molecule has 0 aliphatic heterocycles. The molecule has 30 heavy (non-hydrogen) atoms. The number of benzene rings is 3. The van der Waals surface area contributed by atoms with E-state index in [2.05, 4.69) is 4.98 Å². The van der Waals surface area contributed by atoms with E-state index in [9.17, 15) is 9.59 Å². The molecule has 0 N–H and O–H groups in total. The number of carbonyl (C=O) groups is 2. The average molecular weight is 401 g/mol. The number of para-hydroxylation sites is 2. The maximum Gasteiger partial charge on any atom is 0.339 e. The monoisotopic (exact) mass is 401 g/mol. The van der Waals surface area contributed by atoms with Gasteiger partial charge in [-0.05, 0) is 55.5 Å². The molecule has 0 aliphatic carbocycles. The number of rotatable bonds is 7. The van der Waals surface area contributed by atoms with Crippen LogP contribution in [0.5, 0.6) is 5.75 Å². The van der Waals surface area contributed by atoms with E-state index in [1.807, 2.05) is 31.2 Å². The van der Waals surface area contributed by atoms with E-state index in [0.29, 0.717) is 40.5 Å². The minimum atomic E-state index is -0.618. The first-order valence-electron chi connectivity index (χ1n) is 9.54. The Bertz CT molecular complexity index is 1160. The lowest BCUT2D eigenvalue weighted by Gasteiger charge is -2.08. The van der Waals surface area contributed by atoms with Crippen LogP contribution in [0.15, 0.2) is 77.2 Å². The van der Waals surface area contributed by atoms with Crippen LogP contribution in [0.1, 0.15) is 27.6 Å². The second-order valence-corrected chi connectivity index (χ2v) is 6.49. The number of oxazole rings is 1. The minimum Gasteiger partial charge on any atom is -0.494 e. The van der Waals surface area contributed by atoms with Crippen molar-refractivity contribution in [2.75, 3.05) is 13.2 Å². The Balaban J connectivity index is 1.49. The highest BCUT2D eigenvalue weighted by molar-refractivity contribution is 6.01. The summed E-state index contributed by atoms with van der Waals surface area (Å²) in [7, 11) is 0. The van der Waals surface area contributed by atoms with Gasteiger partial charge in [0.25, 0.3) is 0 Å². The molecule has 0 fully saturated rings. The minimum absolute atomic E-state index is 0.281. The fraction of sp³-hybridized carbons (Fsp3) is 0.125. The van der Waals surface area contributed by atoms with Crippen LogP contribution in [0.25, 0.3) is 22.6 Å². The molecule has 0 saturated heterocycles. The van der Waals surface area contributed by atoms with Gasteiger partial charge in [0.2, 0.25) is 5.89 Å². The summed E-state index contributed by atoms with van der Waals surface area (Å²) in [5.41, 5.74) is 2.55. The van der Waals surface area contributed by atoms with Crippen LogP contribution in [0.2, 0.25) is 0 Å². The predicted molar refractivity (Wildman–Crippen MR) is 112 cm³/mol. The van der Waals surface area contributed by atoms with Gasteiger partial charge < -0.3 is 13.9 Å². The van der Waals surface area contributed by atoms with Crippen LogP contribution in [-0.2, 0) is 4.74 Å². The van der Waals surface area contributed by atoms with Gasteiger partial charge in [-0.3, -0.25) is 4.79 Å². The van der Waals surface area contributed by atoms with Crippen molar-refractivity contribution in [1.29, 1.82) is 0 Å². The van der Waals surface area contributed by atoms with Crippen LogP contribution in [-0.4, -0.2) is 30.0 Å². The number of hydrogen-bond donors (Lipinski definition) is 0. The zero-order valence-electron chi connectivity index (χ0n) is 16.3. The molecule has 0 amide bonds. The van der Waals surface area contributed by atoms with Crippen LogP contribution in [0.3, 0.4) is 0 Å². The summed E-state index contributed by atoms with van der Waals surface area (Å²) >= 11 is 0. The second-order valence-electron chi connectivity index (χ2n) is 6.49. The van der Waals surface area contributed by atoms with Crippen molar-refractivity contribution in [2.45, 2.75) is 6.92 Å². The molecule has 0 aliphatic rings. The lowest BCUT2D eigenvalue weighted by atomic mass is 10.1. The highest BCUT2D eigenvalue weighted by Crippen LogP contribution is 2.27. The molecule has 3 aromatic carbocycles. The topological polar surface area (TPSA) is 78.6 Å². The smallest absolute Gasteiger partial charge is 0.339 e. The van der Waals surface area contributed by atoms with Crippen LogP contribution in [0.4, 0.5) is 0 Å². The van der Waals surface area contributed by atoms with E-state index >= 15 is 0 Å². The third kappa shape index (κ3) is 4.07. The standard InChI is InChI=1S/C24H19NO5/c1-2-28-17-13-11-16(12-14-17)21(26)15-29-24(27)19-8-4-3-7-18(19)23-25-20-9-5-6-10-22(20)30-23/h3-14H,2,15H2,1H3. The van der Waals surface area contributed by atoms with Gasteiger partial charge >= 0.3 is 5.97 Å². The van der Waals surface area contributed by atoms with E-state index in [0.717, 1.165) is 0 Å². The number of Topliss-reactive ketones (excluding diaryl/α,β-unsaturated/α-hetero) is 1. The van der Waals surface area contributed by atoms with Gasteiger partial charge in [0, 0.05) is 5.56 Å². The Labute approximate surface area is 173 Å². The van der Waals surface area contributed by atoms with Gasteiger partial charge in [-0.15, -0.1) is 0 Å². The maximum atomic E-state index is 12.7. The quantitative estimate of drug-likeness (QED) is 0.323. The number of ketones is 1. The summed E-state index contributed by atoms with van der Waals surface area (Å²) in [6.45, 7) is 2.07. The number of nitrogens with zero attached hydrogens (tertiary/aromatic N) is 1. The van der Waals surface area contributed by atoms with Crippen LogP contribution >= 0.6 is 0 Å². The van der Waals surface area contributed by atoms with Gasteiger partial charge in [0.1, 0.15) is 11.3 Å². The van der Waals surface area contributed by atoms with E-state index in [1.54, 1.807) is 48.5 Å². The van der Waals surface area contributed by atoms with E-state index in [4.69, 9.17) is 13.9 Å². The van der Waals surface area contributed by atoms with E-state index in [1.165, 1.54) is 0 Å². The van der Waals surface area contributed by atoms with Crippen molar-refractivity contribution in [3.8, 4) is 17.2 Å². The summed E-state index contributed by atoms with van der Waals surface area (Å²) in [4.78, 5) is 29.5. The first kappa shape index (κ1) is 19.4. The number of esters is 1. The summed E-state index contributed by atoms with van der Waals surface area (Å²) in [6, 6.07) is 20.9. The first-order chi connectivity index (χ1) is 14.7. The average Bonchev–Trinajstić information content (AvgIpc) is 3.22. The first-order valence-corrected chi connectivity index (χ1v) is 9.54. The van der Waals surface area contributed by atoms with Crippen molar-refractivity contribution < 1.29 is 23.5 Å². The van der Waals surface area contributed by atoms with Gasteiger partial charge in [-0.25, -0.2) is 9.78 Å². The maximum absolute atomic E-state index is 12.7. The van der Waals surface area contributed by atoms with Crippen molar-refractivity contribution in [3.05, 3.63) is 83.9 Å². The third-order valence-corrected chi connectivity index (χ3v) is 4.49. The van der Waals surface area contributed by atoms with Crippen molar-refractivity contribution in [2.24, 2.45) is 0 Å². The second kappa shape index (κ2) is 8.61. The lowest BCUT2D eigenvalue weighted by molar-refractivity contribution is 0.0475. The fourth-order valence-electron chi connectivity index (χ4n) is 3.03. The molecule has 0 saturated carbocycles. The Kier molecular flexibility index (Phi) is 5.57. The highest BCUT2D eigenvalue weighted by Gasteiger charge is 2.19. The van der Waals surface area contributed by atoms with Crippen molar-refractivity contribution >= 4 is 22.9 Å². The molecule has 150 valence electrons. The molecule has 1 heterocycles. The molecule has 1 aromatic heterocycles. The molecule has 0 bridgehead atoms. The molecular formula is C24H19NO5. The normalized spacial score (nSPS) is 10.7. The van der Waals surface area contributed by atoms with Crippen LogP contribution < -0.4 is 4.74 Å². The van der Waals surface area contributed by atoms with Crippen molar-refractivity contribution in [1.82, 2.24) is 4.98 Å². The number of hydrogen-bond acceptors (Lipinski definition) is 6. The van der Waals surface area contributed by atoms with E-state index in [-0.39, 0.29) is 18.0 Å². The van der Waals surface area contributed by atoms with Gasteiger partial charge in [0.05, 0.1) is 17.7 Å². The van der Waals surface area contributed by atoms with Gasteiger partial charge in [0.15, 0.2) is 18.0 Å². The van der Waals surface area contributed by atoms with Gasteiger partial charge in [-0.2, -0.15) is 0 Å². The molecule has 6 heteroatoms. The summed E-state index contributed by atoms with van der Waals surface area (Å²) in [5, 5.41) is 0. The predicted octanol–water partition coefficient (Wildman–Crippen LogP) is 4.93. The molecule has 0 spiro atoms. The zero-order valence-corrected chi connectivity index (χ0v) is 16.3. The Morgan fingerprint density at radius 3 is 2.43 bits per heavy atom. The number of carbonyl (C=O) groups excluding carboxylic acids is 2. The zero-order chi connectivity index (χ0) is 20.9. The largest absolute Gasteiger partial charge is 0.494 e. The molecule has 0 radical (unpaired) electrons. The number of aromatic nitrogens is 1. The number of ether oxygens (including phenoxy) is 2. The highest BCUT2D eigenvalue weighted by atomic mass is 16.5. The number of fused-ring (bicyclic) bond motifs is 1. The molecule has 0 unspecified atom stereocenters. The Morgan fingerprint density at radius 1 is 0.933 bits per heavy atom. The summed E-state index contributed by atoms with van der Waals surface area (Å²) < 4.78 is 16.4. The third-order valence-electron chi connectivity index (χ3n) is 4.49. The molecule has 4 rings (SSSR count). The molecule has 4 aromatic rings. The van der Waals surface area contributed by atoms with Crippen LogP contribution in [0, 0.1) is 0 Å². The fourth-order valence-corrected chi connectivity index (χ4v) is 3.03. The SMILES string of the molecule is CCOc1ccc(C(=O)COC(=O)c2ccccc2-c2nc3ccccc3o2)cc1. The lowest BCUT2D eigenvalue weighted by Crippen LogP contribution is -2.15. The molecule has 6 nitrogen and oxygen atoms in total. The Morgan fingerprint density at radius 2 is 1.67 bits per heavy atom. The molecule has 0 atom stereocenters. The van der Waals surface area contributed by atoms with Crippen molar-refractivity contribution in [3.63, 3.8) is 0 Å².